The van der Waals surface area contributed by atoms with Gasteiger partial charge in [0.25, 0.3) is 0 Å². The molecule has 0 aromatic carbocycles. The summed E-state index contributed by atoms with van der Waals surface area (Å²) in [7, 11) is -2.79. The van der Waals surface area contributed by atoms with Gasteiger partial charge in [-0.2, -0.15) is 8.42 Å². The van der Waals surface area contributed by atoms with Crippen molar-refractivity contribution in [3.8, 4) is 0 Å². The molecule has 11 nitrogen and oxygen atoms in total. The van der Waals surface area contributed by atoms with E-state index in [4.69, 9.17) is 5.11 Å². The van der Waals surface area contributed by atoms with E-state index < -0.39 is 10.4 Å². The highest BCUT2D eigenvalue weighted by atomic mass is 32.3. The first-order valence-corrected chi connectivity index (χ1v) is 10.1. The summed E-state index contributed by atoms with van der Waals surface area (Å²) >= 11 is 0. The van der Waals surface area contributed by atoms with Crippen LogP contribution in [0, 0.1) is 0 Å². The number of aliphatic hydroxyl groups is 1. The van der Waals surface area contributed by atoms with Gasteiger partial charge in [-0.3, -0.25) is 13.8 Å². The third-order valence-corrected chi connectivity index (χ3v) is 5.09. The Labute approximate surface area is 164 Å². The first kappa shape index (κ1) is 22.3. The molecular weight excluding hydrogens is 392 g/mol. The summed E-state index contributed by atoms with van der Waals surface area (Å²) in [6.07, 6.45) is 1.80. The fraction of sp³-hybridized carbons (Fsp3) is 0.625. The normalized spacial score (nSPS) is 20.4. The lowest BCUT2D eigenvalue weighted by Gasteiger charge is -2.21. The van der Waals surface area contributed by atoms with Crippen molar-refractivity contribution in [1.82, 2.24) is 20.9 Å². The second-order valence-electron chi connectivity index (χ2n) is 6.36. The van der Waals surface area contributed by atoms with Crippen LogP contribution in [0.4, 0.5) is 0 Å². The molecule has 0 aromatic rings. The second kappa shape index (κ2) is 9.01. The minimum atomic E-state index is -3.80. The number of hydrogen-bond acceptors (Lipinski definition) is 11. The average Bonchev–Trinajstić information content (AvgIpc) is 3.50. The van der Waals surface area contributed by atoms with E-state index in [1.807, 2.05) is 14.7 Å². The standard InChI is InChI=1S/C12H13N3O2.C4H10O5S.H3N/c16-9-7-8(13-1-2-13)12(17)11(15-5-6-15)10(9)14-3-4-14;1-8-10(6,7)9-4-2-3-5;/h7H,1-6H2;5H,2-4H2,1H3;1H3. The predicted molar refractivity (Wildman–Crippen MR) is 98.4 cm³/mol. The SMILES string of the molecule is COS(=O)(=O)OCCCO.N.O=C1C=C(N2CC2)C(=O)C(N2CC2)=C1N1CC1. The van der Waals surface area contributed by atoms with Gasteiger partial charge in [0.15, 0.2) is 0 Å². The quantitative estimate of drug-likeness (QED) is 0.272. The first-order chi connectivity index (χ1) is 12.9. The van der Waals surface area contributed by atoms with Crippen molar-refractivity contribution in [2.45, 2.75) is 6.42 Å². The number of carbonyl (C=O) groups is 2. The zero-order valence-electron chi connectivity index (χ0n) is 15.8. The van der Waals surface area contributed by atoms with E-state index in [-0.39, 0.29) is 37.4 Å². The number of carbonyl (C=O) groups excluding carboxylic acids is 2. The molecule has 3 fully saturated rings. The van der Waals surface area contributed by atoms with Crippen LogP contribution >= 0.6 is 0 Å². The number of hydrogen-bond donors (Lipinski definition) is 2. The van der Waals surface area contributed by atoms with Gasteiger partial charge in [0, 0.05) is 52.0 Å². The predicted octanol–water partition coefficient (Wildman–Crippen LogP) is -1.38. The molecule has 1 aliphatic carbocycles. The molecule has 12 heteroatoms. The topological polar surface area (TPSA) is 151 Å². The summed E-state index contributed by atoms with van der Waals surface area (Å²) in [5, 5.41) is 8.22. The molecule has 3 aliphatic heterocycles. The van der Waals surface area contributed by atoms with Crippen molar-refractivity contribution in [1.29, 1.82) is 0 Å². The molecule has 0 spiro atoms. The number of allylic oxidation sites excluding steroid dienone is 1. The van der Waals surface area contributed by atoms with Crippen molar-refractivity contribution < 1.29 is 31.5 Å². The van der Waals surface area contributed by atoms with E-state index in [9.17, 15) is 18.0 Å². The summed E-state index contributed by atoms with van der Waals surface area (Å²) in [5.41, 5.74) is 1.89. The average molecular weight is 418 g/mol. The zero-order chi connectivity index (χ0) is 19.6. The molecule has 0 saturated carbocycles. The Morgan fingerprint density at radius 1 is 1.00 bits per heavy atom. The van der Waals surface area contributed by atoms with E-state index in [1.54, 1.807) is 0 Å². The van der Waals surface area contributed by atoms with Crippen LogP contribution in [0.3, 0.4) is 0 Å². The lowest BCUT2D eigenvalue weighted by Crippen LogP contribution is -2.29. The Morgan fingerprint density at radius 2 is 1.54 bits per heavy atom. The summed E-state index contributed by atoms with van der Waals surface area (Å²) in [6.45, 7) is 5.26. The van der Waals surface area contributed by atoms with Crippen molar-refractivity contribution in [3.63, 3.8) is 0 Å². The van der Waals surface area contributed by atoms with Crippen LogP contribution < -0.4 is 6.15 Å². The van der Waals surface area contributed by atoms with Crippen LogP contribution in [0.25, 0.3) is 0 Å². The highest BCUT2D eigenvalue weighted by molar-refractivity contribution is 7.81. The number of ketones is 2. The van der Waals surface area contributed by atoms with Crippen LogP contribution in [0.15, 0.2) is 23.2 Å². The molecule has 0 unspecified atom stereocenters. The van der Waals surface area contributed by atoms with Crippen LogP contribution in [0.2, 0.25) is 0 Å². The van der Waals surface area contributed by atoms with E-state index in [0.717, 1.165) is 46.4 Å². The lowest BCUT2D eigenvalue weighted by atomic mass is 10.0. The van der Waals surface area contributed by atoms with E-state index >= 15 is 0 Å². The van der Waals surface area contributed by atoms with Crippen molar-refractivity contribution >= 4 is 22.0 Å². The Kier molecular flexibility index (Phi) is 7.17. The van der Waals surface area contributed by atoms with E-state index in [0.29, 0.717) is 17.1 Å². The Bertz CT molecular complexity index is 781. The molecule has 3 saturated heterocycles. The number of nitrogens with zero attached hydrogens (tertiary/aromatic N) is 3. The van der Waals surface area contributed by atoms with E-state index in [1.165, 1.54) is 6.08 Å². The molecule has 4 N–H and O–H groups in total. The molecular formula is C16H26N4O7S. The fourth-order valence-electron chi connectivity index (χ4n) is 2.55. The van der Waals surface area contributed by atoms with Gasteiger partial charge in [0.05, 0.1) is 19.4 Å². The zero-order valence-corrected chi connectivity index (χ0v) is 16.6. The number of Topliss-reactive ketones (excluding diaryl/α,β-unsaturated/α-hetero) is 1. The molecule has 4 aliphatic rings. The van der Waals surface area contributed by atoms with Crippen molar-refractivity contribution in [3.05, 3.63) is 23.2 Å². The van der Waals surface area contributed by atoms with Gasteiger partial charge in [-0.25, -0.2) is 4.18 Å². The summed E-state index contributed by atoms with van der Waals surface area (Å²) in [4.78, 5) is 30.5. The van der Waals surface area contributed by atoms with Gasteiger partial charge in [0.2, 0.25) is 11.6 Å². The van der Waals surface area contributed by atoms with Gasteiger partial charge in [-0.05, 0) is 6.42 Å². The Balaban J connectivity index is 0.000000224. The maximum Gasteiger partial charge on any atom is 0.399 e. The molecule has 3 heterocycles. The summed E-state index contributed by atoms with van der Waals surface area (Å²) in [6, 6.07) is 0. The minimum Gasteiger partial charge on any atom is -0.396 e. The first-order valence-electron chi connectivity index (χ1n) is 8.73. The fourth-order valence-corrected chi connectivity index (χ4v) is 2.97. The van der Waals surface area contributed by atoms with Gasteiger partial charge in [-0.1, -0.05) is 0 Å². The molecule has 0 radical (unpaired) electrons. The third kappa shape index (κ3) is 5.52. The Morgan fingerprint density at radius 3 is 2.00 bits per heavy atom. The maximum atomic E-state index is 12.4. The molecule has 0 aromatic heterocycles. The smallest absolute Gasteiger partial charge is 0.396 e. The molecule has 0 bridgehead atoms. The van der Waals surface area contributed by atoms with Gasteiger partial charge < -0.3 is 26.0 Å². The Hall–Kier alpha value is -1.99. The van der Waals surface area contributed by atoms with Crippen molar-refractivity contribution in [2.75, 3.05) is 59.6 Å². The van der Waals surface area contributed by atoms with Gasteiger partial charge in [-0.15, -0.1) is 0 Å². The molecule has 0 amide bonds. The highest BCUT2D eigenvalue weighted by Crippen LogP contribution is 2.33. The third-order valence-electron chi connectivity index (χ3n) is 4.22. The number of rotatable bonds is 8. The minimum absolute atomic E-state index is 0. The highest BCUT2D eigenvalue weighted by Gasteiger charge is 2.43. The summed E-state index contributed by atoms with van der Waals surface area (Å²) < 4.78 is 28.9. The lowest BCUT2D eigenvalue weighted by molar-refractivity contribution is -0.117. The van der Waals surface area contributed by atoms with Crippen LogP contribution in [0.5, 0.6) is 0 Å². The van der Waals surface area contributed by atoms with Crippen molar-refractivity contribution in [2.24, 2.45) is 0 Å². The van der Waals surface area contributed by atoms with Crippen LogP contribution in [-0.4, -0.2) is 99.4 Å². The number of aliphatic hydroxyl groups excluding tert-OH is 1. The molecule has 0 atom stereocenters. The van der Waals surface area contributed by atoms with Crippen LogP contribution in [-0.2, 0) is 28.4 Å². The molecule has 158 valence electrons. The summed E-state index contributed by atoms with van der Waals surface area (Å²) in [5.74, 6) is 0.0485. The maximum absolute atomic E-state index is 12.4. The van der Waals surface area contributed by atoms with E-state index in [2.05, 4.69) is 8.37 Å². The second-order valence-corrected chi connectivity index (χ2v) is 7.74. The van der Waals surface area contributed by atoms with Gasteiger partial charge >= 0.3 is 10.4 Å². The molecule has 4 rings (SSSR count). The monoisotopic (exact) mass is 418 g/mol. The van der Waals surface area contributed by atoms with Crippen LogP contribution in [0.1, 0.15) is 6.42 Å². The molecule has 28 heavy (non-hydrogen) atoms. The largest absolute Gasteiger partial charge is 0.399 e. The van der Waals surface area contributed by atoms with Gasteiger partial charge in [0.1, 0.15) is 11.4 Å².